The monoisotopic (exact) mass is 535 g/mol. The van der Waals surface area contributed by atoms with Gasteiger partial charge in [-0.05, 0) is 11.8 Å². The van der Waals surface area contributed by atoms with Crippen LogP contribution in [0.1, 0.15) is 233 Å². The summed E-state index contributed by atoms with van der Waals surface area (Å²) in [7, 11) is 0. The number of rotatable bonds is 33. The van der Waals surface area contributed by atoms with Crippen LogP contribution in [-0.2, 0) is 0 Å². The van der Waals surface area contributed by atoms with Crippen LogP contribution in [0.15, 0.2) is 0 Å². The van der Waals surface area contributed by atoms with Gasteiger partial charge in [-0.15, -0.1) is 0 Å². The molecule has 0 spiro atoms. The van der Waals surface area contributed by atoms with Crippen molar-refractivity contribution in [2.75, 3.05) is 0 Å². The largest absolute Gasteiger partial charge is 0.0654 e. The normalized spacial score (nSPS) is 13.3. The number of unbranched alkanes of at least 4 members (excludes halogenated alkanes) is 25. The third-order valence-corrected chi connectivity index (χ3v) is 9.24. The first kappa shape index (κ1) is 38.0. The fourth-order valence-electron chi connectivity index (χ4n) is 6.30. The van der Waals surface area contributed by atoms with E-state index >= 15 is 0 Å². The van der Waals surface area contributed by atoms with Crippen molar-refractivity contribution in [2.24, 2.45) is 11.8 Å². The molecule has 2 unspecified atom stereocenters. The second kappa shape index (κ2) is 33.2. The van der Waals surface area contributed by atoms with Crippen LogP contribution in [0.3, 0.4) is 0 Å². The zero-order chi connectivity index (χ0) is 27.8. The minimum absolute atomic E-state index is 0.962. The van der Waals surface area contributed by atoms with Crippen LogP contribution in [0.2, 0.25) is 0 Å². The molecular formula is C38H78. The molecule has 0 rings (SSSR count). The molecule has 0 bridgehead atoms. The van der Waals surface area contributed by atoms with E-state index in [1.165, 1.54) is 205 Å². The van der Waals surface area contributed by atoms with Crippen molar-refractivity contribution >= 4 is 0 Å². The summed E-state index contributed by atoms with van der Waals surface area (Å²) in [6.07, 6.45) is 47.1. The SMILES string of the molecule is CCCCCCCCCCCCCCC(C)CCCCCCCC(C)CCCCCCCCCCCCC. The van der Waals surface area contributed by atoms with Crippen molar-refractivity contribution in [1.82, 2.24) is 0 Å². The molecular weight excluding hydrogens is 456 g/mol. The van der Waals surface area contributed by atoms with Crippen LogP contribution >= 0.6 is 0 Å². The highest BCUT2D eigenvalue weighted by atomic mass is 14.1. The summed E-state index contributed by atoms with van der Waals surface area (Å²) in [6, 6.07) is 0. The van der Waals surface area contributed by atoms with Crippen LogP contribution in [-0.4, -0.2) is 0 Å². The predicted octanol–water partition coefficient (Wildman–Crippen LogP) is 14.8. The van der Waals surface area contributed by atoms with Gasteiger partial charge in [0.15, 0.2) is 0 Å². The zero-order valence-electron chi connectivity index (χ0n) is 27.8. The lowest BCUT2D eigenvalue weighted by Crippen LogP contribution is -1.96. The lowest BCUT2D eigenvalue weighted by molar-refractivity contribution is 0.416. The van der Waals surface area contributed by atoms with Crippen molar-refractivity contribution in [1.29, 1.82) is 0 Å². The highest BCUT2D eigenvalue weighted by Crippen LogP contribution is 2.21. The molecule has 0 aromatic rings. The van der Waals surface area contributed by atoms with Crippen molar-refractivity contribution in [3.8, 4) is 0 Å². The van der Waals surface area contributed by atoms with Gasteiger partial charge in [0.1, 0.15) is 0 Å². The van der Waals surface area contributed by atoms with Gasteiger partial charge in [-0.2, -0.15) is 0 Å². The fourth-order valence-corrected chi connectivity index (χ4v) is 6.30. The van der Waals surface area contributed by atoms with E-state index in [2.05, 4.69) is 27.7 Å². The maximum Gasteiger partial charge on any atom is -0.0443 e. The maximum absolute atomic E-state index is 2.51. The molecule has 2 atom stereocenters. The number of hydrogen-bond acceptors (Lipinski definition) is 0. The van der Waals surface area contributed by atoms with Crippen LogP contribution in [0.4, 0.5) is 0 Å². The van der Waals surface area contributed by atoms with E-state index in [1.54, 1.807) is 0 Å². The third-order valence-electron chi connectivity index (χ3n) is 9.24. The van der Waals surface area contributed by atoms with Crippen molar-refractivity contribution < 1.29 is 0 Å². The molecule has 0 aliphatic heterocycles. The maximum atomic E-state index is 2.51. The zero-order valence-corrected chi connectivity index (χ0v) is 27.8. The second-order valence-corrected chi connectivity index (χ2v) is 13.6. The molecule has 230 valence electrons. The molecule has 0 amide bonds. The average Bonchev–Trinajstić information content (AvgIpc) is 2.91. The summed E-state index contributed by atoms with van der Waals surface area (Å²) in [4.78, 5) is 0. The second-order valence-electron chi connectivity index (χ2n) is 13.6. The summed E-state index contributed by atoms with van der Waals surface area (Å²) in [5, 5.41) is 0. The van der Waals surface area contributed by atoms with Gasteiger partial charge in [0.25, 0.3) is 0 Å². The van der Waals surface area contributed by atoms with Crippen LogP contribution in [0.25, 0.3) is 0 Å². The average molecular weight is 535 g/mol. The molecule has 0 fully saturated rings. The molecule has 0 nitrogen and oxygen atoms in total. The molecule has 0 heteroatoms. The molecule has 0 N–H and O–H groups in total. The molecule has 0 aliphatic rings. The molecule has 0 radical (unpaired) electrons. The van der Waals surface area contributed by atoms with Gasteiger partial charge in [-0.25, -0.2) is 0 Å². The van der Waals surface area contributed by atoms with Gasteiger partial charge in [-0.1, -0.05) is 233 Å². The minimum Gasteiger partial charge on any atom is -0.0654 e. The highest BCUT2D eigenvalue weighted by molar-refractivity contribution is 4.58. The summed E-state index contributed by atoms with van der Waals surface area (Å²) in [5.74, 6) is 1.92. The van der Waals surface area contributed by atoms with Crippen molar-refractivity contribution in [3.63, 3.8) is 0 Å². The quantitative estimate of drug-likeness (QED) is 0.0734. The predicted molar refractivity (Wildman–Crippen MR) is 177 cm³/mol. The van der Waals surface area contributed by atoms with E-state index in [-0.39, 0.29) is 0 Å². The Kier molecular flexibility index (Phi) is 33.2. The molecule has 0 saturated carbocycles. The standard InChI is InChI=1S/C38H78/c1-5-7-9-11-13-15-17-19-21-23-26-30-34-38(4)36-32-28-24-27-31-35-37(3)33-29-25-22-20-18-16-14-12-10-8-6-2/h37-38H,5-36H2,1-4H3. The molecule has 0 heterocycles. The Morgan fingerprint density at radius 2 is 0.395 bits per heavy atom. The van der Waals surface area contributed by atoms with E-state index in [4.69, 9.17) is 0 Å². The first-order chi connectivity index (χ1) is 18.7. The van der Waals surface area contributed by atoms with E-state index in [0.29, 0.717) is 0 Å². The van der Waals surface area contributed by atoms with Gasteiger partial charge in [-0.3, -0.25) is 0 Å². The van der Waals surface area contributed by atoms with Crippen molar-refractivity contribution in [3.05, 3.63) is 0 Å². The molecule has 0 saturated heterocycles. The van der Waals surface area contributed by atoms with E-state index < -0.39 is 0 Å². The molecule has 0 aromatic heterocycles. The minimum atomic E-state index is 0.962. The molecule has 0 aliphatic carbocycles. The first-order valence-corrected chi connectivity index (χ1v) is 18.7. The van der Waals surface area contributed by atoms with Gasteiger partial charge >= 0.3 is 0 Å². The van der Waals surface area contributed by atoms with Gasteiger partial charge in [0.2, 0.25) is 0 Å². The van der Waals surface area contributed by atoms with Gasteiger partial charge in [0.05, 0.1) is 0 Å². The van der Waals surface area contributed by atoms with E-state index in [9.17, 15) is 0 Å². The molecule has 0 aromatic carbocycles. The Morgan fingerprint density at radius 3 is 0.579 bits per heavy atom. The van der Waals surface area contributed by atoms with Crippen LogP contribution in [0, 0.1) is 11.8 Å². The first-order valence-electron chi connectivity index (χ1n) is 18.7. The Labute approximate surface area is 244 Å². The van der Waals surface area contributed by atoms with E-state index in [0.717, 1.165) is 11.8 Å². The lowest BCUT2D eigenvalue weighted by Gasteiger charge is -2.12. The van der Waals surface area contributed by atoms with E-state index in [1.807, 2.05) is 0 Å². The summed E-state index contributed by atoms with van der Waals surface area (Å²) in [5.41, 5.74) is 0. The lowest BCUT2D eigenvalue weighted by atomic mass is 9.94. The summed E-state index contributed by atoms with van der Waals surface area (Å²) < 4.78 is 0. The van der Waals surface area contributed by atoms with Crippen LogP contribution < -0.4 is 0 Å². The van der Waals surface area contributed by atoms with Crippen LogP contribution in [0.5, 0.6) is 0 Å². The Morgan fingerprint density at radius 1 is 0.237 bits per heavy atom. The summed E-state index contributed by atoms with van der Waals surface area (Å²) in [6.45, 7) is 9.64. The van der Waals surface area contributed by atoms with Gasteiger partial charge < -0.3 is 0 Å². The van der Waals surface area contributed by atoms with Gasteiger partial charge in [0, 0.05) is 0 Å². The highest BCUT2D eigenvalue weighted by Gasteiger charge is 2.04. The topological polar surface area (TPSA) is 0 Å². The third kappa shape index (κ3) is 32.2. The summed E-state index contributed by atoms with van der Waals surface area (Å²) >= 11 is 0. The Hall–Kier alpha value is 0. The fraction of sp³-hybridized carbons (Fsp3) is 1.00. The van der Waals surface area contributed by atoms with Crippen molar-refractivity contribution in [2.45, 2.75) is 233 Å². The Balaban J connectivity index is 3.24. The number of hydrogen-bond donors (Lipinski definition) is 0. The smallest absolute Gasteiger partial charge is 0.0443 e. The molecule has 38 heavy (non-hydrogen) atoms. The Bertz CT molecular complexity index is 399.